The van der Waals surface area contributed by atoms with Crippen molar-refractivity contribution in [2.24, 2.45) is 0 Å². The van der Waals surface area contributed by atoms with E-state index in [1.165, 1.54) is 0 Å². The van der Waals surface area contributed by atoms with Crippen molar-refractivity contribution in [1.82, 2.24) is 4.98 Å². The van der Waals surface area contributed by atoms with Gasteiger partial charge in [-0.15, -0.1) is 0 Å². The van der Waals surface area contributed by atoms with Gasteiger partial charge in [-0.2, -0.15) is 0 Å². The minimum absolute atomic E-state index is 0.167. The molecule has 1 aliphatic heterocycles. The first-order chi connectivity index (χ1) is 9.91. The Kier molecular flexibility index (Phi) is 6.09. The number of pyridine rings is 1. The summed E-state index contributed by atoms with van der Waals surface area (Å²) in [4.78, 5) is 3.84. The van der Waals surface area contributed by atoms with Crippen LogP contribution >= 0.6 is 35.7 Å². The summed E-state index contributed by atoms with van der Waals surface area (Å²) in [6.45, 7) is 3.19. The fourth-order valence-corrected chi connectivity index (χ4v) is 6.61. The van der Waals surface area contributed by atoms with Crippen LogP contribution < -0.4 is 5.32 Å². The number of rotatable bonds is 5. The predicted octanol–water partition coefficient (Wildman–Crippen LogP) is 4.09. The molecule has 1 aliphatic rings. The van der Waals surface area contributed by atoms with Gasteiger partial charge in [-0.25, -0.2) is 0 Å². The summed E-state index contributed by atoms with van der Waals surface area (Å²) in [6.07, 6.45) is -3.55. The average Bonchev–Trinajstić information content (AvgIpc) is 2.84. The molecule has 1 atom stereocenters. The van der Waals surface area contributed by atoms with Crippen molar-refractivity contribution in [3.8, 4) is 0 Å². The van der Waals surface area contributed by atoms with Crippen LogP contribution in [0.2, 0.25) is 0 Å². The molecule has 9 heteroatoms. The van der Waals surface area contributed by atoms with Gasteiger partial charge in [0.15, 0.2) is 0 Å². The van der Waals surface area contributed by atoms with Crippen molar-refractivity contribution in [2.75, 3.05) is 27.7 Å². The van der Waals surface area contributed by atoms with Crippen molar-refractivity contribution in [2.45, 2.75) is 17.2 Å². The number of alkyl halides is 6. The molecular weight excluding hydrogens is 468 g/mol. The van der Waals surface area contributed by atoms with E-state index >= 15 is 0 Å². The summed E-state index contributed by atoms with van der Waals surface area (Å²) in [7, 11) is 0. The zero-order valence-electron chi connectivity index (χ0n) is 11.2. The number of hydrogen-bond donors (Lipinski definition) is 1. The molecule has 1 saturated heterocycles. The maximum absolute atomic E-state index is 12.6. The molecule has 0 unspecified atom stereocenters. The van der Waals surface area contributed by atoms with E-state index in [-0.39, 0.29) is 4.11 Å². The molecule has 1 aromatic rings. The molecule has 0 spiro atoms. The number of hydrogen-bond acceptors (Lipinski definition) is 4. The van der Waals surface area contributed by atoms with E-state index in [0.29, 0.717) is 28.1 Å². The van der Waals surface area contributed by atoms with E-state index in [4.69, 9.17) is 9.47 Å². The molecule has 0 aliphatic carbocycles. The molecule has 0 aromatic carbocycles. The molecule has 0 radical (unpaired) electrons. The summed E-state index contributed by atoms with van der Waals surface area (Å²) >= 11 is 1.65. The first-order valence-corrected chi connectivity index (χ1v) is 11.3. The number of nitrogens with zero attached hydrogens (tertiary/aromatic N) is 1. The number of ether oxygens (including phenoxy) is 2. The van der Waals surface area contributed by atoms with Crippen molar-refractivity contribution < 1.29 is 22.6 Å². The Hall–Kier alpha value is -0.130. The monoisotopic (exact) mass is 482 g/mol. The van der Waals surface area contributed by atoms with E-state index in [0.717, 1.165) is 16.9 Å². The molecule has 0 bridgehead atoms. The molecule has 21 heavy (non-hydrogen) atoms. The molecule has 4 nitrogen and oxygen atoms in total. The second-order valence-electron chi connectivity index (χ2n) is 4.21. The van der Waals surface area contributed by atoms with Crippen molar-refractivity contribution in [1.29, 1.82) is 0 Å². The Balaban J connectivity index is 1.97. The number of aromatic nitrogens is 1. The van der Waals surface area contributed by atoms with Gasteiger partial charge < -0.3 is 0 Å². The second kappa shape index (κ2) is 7.42. The SMILES string of the molecule is CCO[C@H]1COCI1CNc1ncc(C(F)(F)F)cc1Br. The first kappa shape index (κ1) is 17.2. The fraction of sp³-hybridized carbons (Fsp3) is 0.583. The average molecular weight is 483 g/mol. The summed E-state index contributed by atoms with van der Waals surface area (Å²) < 4.78 is 50.6. The summed E-state index contributed by atoms with van der Waals surface area (Å²) in [5.74, 6) is 0.419. The van der Waals surface area contributed by atoms with Crippen LogP contribution in [0, 0.1) is 0 Å². The van der Waals surface area contributed by atoms with Crippen LogP contribution in [-0.2, 0) is 15.7 Å². The van der Waals surface area contributed by atoms with Gasteiger partial charge in [0.1, 0.15) is 0 Å². The van der Waals surface area contributed by atoms with Crippen molar-refractivity contribution in [3.05, 3.63) is 22.3 Å². The first-order valence-electron chi connectivity index (χ1n) is 6.18. The number of nitrogens with one attached hydrogen (secondary N) is 1. The molecule has 2 heterocycles. The van der Waals surface area contributed by atoms with Crippen molar-refractivity contribution >= 4 is 41.6 Å². The zero-order valence-corrected chi connectivity index (χ0v) is 15.0. The van der Waals surface area contributed by atoms with E-state index < -0.39 is 31.6 Å². The van der Waals surface area contributed by atoms with Crippen LogP contribution in [0.25, 0.3) is 0 Å². The standard InChI is InChI=1S/C12H15BrF3IN2O2/c1-2-21-10-5-20-7-17(10)6-19-11-9(13)3-8(4-18-11)12(14,15)16/h3-4,10H,2,5-7H2,1H3,(H,18,19)/t10-/m0/s1. The minimum atomic E-state index is -4.39. The molecule has 120 valence electrons. The van der Waals surface area contributed by atoms with E-state index in [1.807, 2.05) is 6.92 Å². The number of anilines is 1. The third-order valence-electron chi connectivity index (χ3n) is 2.73. The van der Waals surface area contributed by atoms with Crippen molar-refractivity contribution in [3.63, 3.8) is 0 Å². The van der Waals surface area contributed by atoms with E-state index in [1.54, 1.807) is 0 Å². The number of halogens is 5. The van der Waals surface area contributed by atoms with Gasteiger partial charge in [0.05, 0.1) is 0 Å². The molecule has 1 N–H and O–H groups in total. The Morgan fingerprint density at radius 1 is 1.57 bits per heavy atom. The van der Waals surface area contributed by atoms with Gasteiger partial charge in [0.25, 0.3) is 0 Å². The third-order valence-corrected chi connectivity index (χ3v) is 8.62. The third kappa shape index (κ3) is 4.67. The molecule has 1 aromatic heterocycles. The van der Waals surface area contributed by atoms with Crippen LogP contribution in [0.5, 0.6) is 0 Å². The van der Waals surface area contributed by atoms with Gasteiger partial charge in [-0.1, -0.05) is 0 Å². The molecule has 0 amide bonds. The van der Waals surface area contributed by atoms with Crippen LogP contribution in [-0.4, -0.2) is 31.5 Å². The normalized spacial score (nSPS) is 20.8. The molecular formula is C12H15BrF3IN2O2. The van der Waals surface area contributed by atoms with Gasteiger partial charge in [0.2, 0.25) is 0 Å². The van der Waals surface area contributed by atoms with E-state index in [2.05, 4.69) is 26.2 Å². The quantitative estimate of drug-likeness (QED) is 0.390. The van der Waals surface area contributed by atoms with Crippen LogP contribution in [0.15, 0.2) is 16.7 Å². The zero-order chi connectivity index (χ0) is 15.5. The Labute approximate surface area is 136 Å². The van der Waals surface area contributed by atoms with Gasteiger partial charge >= 0.3 is 136 Å². The summed E-state index contributed by atoms with van der Waals surface area (Å²) in [5, 5.41) is 3.11. The van der Waals surface area contributed by atoms with Crippen LogP contribution in [0.3, 0.4) is 0 Å². The predicted molar refractivity (Wildman–Crippen MR) is 85.7 cm³/mol. The van der Waals surface area contributed by atoms with Crippen LogP contribution in [0.1, 0.15) is 12.5 Å². The topological polar surface area (TPSA) is 43.4 Å². The fourth-order valence-electron chi connectivity index (χ4n) is 1.71. The molecule has 1 fully saturated rings. The Morgan fingerprint density at radius 2 is 2.33 bits per heavy atom. The second-order valence-corrected chi connectivity index (χ2v) is 10.7. The van der Waals surface area contributed by atoms with Gasteiger partial charge in [-0.05, 0) is 0 Å². The maximum atomic E-state index is 12.6. The molecule has 0 saturated carbocycles. The summed E-state index contributed by atoms with van der Waals surface area (Å²) in [5.41, 5.74) is -0.768. The Morgan fingerprint density at radius 3 is 2.95 bits per heavy atom. The van der Waals surface area contributed by atoms with Gasteiger partial charge in [0, 0.05) is 0 Å². The van der Waals surface area contributed by atoms with E-state index in [9.17, 15) is 13.2 Å². The Bertz CT molecular complexity index is 490. The van der Waals surface area contributed by atoms with Crippen LogP contribution in [0.4, 0.5) is 19.0 Å². The molecule has 2 rings (SSSR count). The summed E-state index contributed by atoms with van der Waals surface area (Å²) in [6, 6.07) is 1.03. The van der Waals surface area contributed by atoms with Gasteiger partial charge in [-0.3, -0.25) is 0 Å².